The highest BCUT2D eigenvalue weighted by Gasteiger charge is 2.32. The maximum Gasteiger partial charge on any atom is 0.254 e. The van der Waals surface area contributed by atoms with Gasteiger partial charge < -0.3 is 4.90 Å². The summed E-state index contributed by atoms with van der Waals surface area (Å²) in [7, 11) is 1.53. The highest BCUT2D eigenvalue weighted by Crippen LogP contribution is 2.14. The molecule has 6 heteroatoms. The molecule has 1 aromatic rings. The largest absolute Gasteiger partial charge is 0.330 e. The van der Waals surface area contributed by atoms with E-state index in [1.54, 1.807) is 24.3 Å². The molecule has 1 fully saturated rings. The van der Waals surface area contributed by atoms with Gasteiger partial charge in [-0.3, -0.25) is 19.7 Å². The maximum absolute atomic E-state index is 12.2. The van der Waals surface area contributed by atoms with Crippen LogP contribution in [0.15, 0.2) is 24.3 Å². The number of nitrogens with zero attached hydrogens (tertiary/aromatic N) is 2. The van der Waals surface area contributed by atoms with Crippen molar-refractivity contribution in [3.63, 3.8) is 0 Å². The third kappa shape index (κ3) is 2.67. The summed E-state index contributed by atoms with van der Waals surface area (Å²) in [6.45, 7) is 0. The molecule has 20 heavy (non-hydrogen) atoms. The molecule has 1 unspecified atom stereocenters. The summed E-state index contributed by atoms with van der Waals surface area (Å²) >= 11 is 0. The fourth-order valence-electron chi connectivity index (χ4n) is 2.08. The van der Waals surface area contributed by atoms with Crippen molar-refractivity contribution in [2.24, 2.45) is 0 Å². The Balaban J connectivity index is 2.13. The topological polar surface area (TPSA) is 90.3 Å². The van der Waals surface area contributed by atoms with Crippen molar-refractivity contribution in [3.05, 3.63) is 35.4 Å². The minimum Gasteiger partial charge on any atom is -0.330 e. The first-order valence-corrected chi connectivity index (χ1v) is 6.14. The van der Waals surface area contributed by atoms with Crippen LogP contribution in [-0.4, -0.2) is 35.7 Å². The molecule has 3 amide bonds. The van der Waals surface area contributed by atoms with Crippen molar-refractivity contribution >= 4 is 17.7 Å². The van der Waals surface area contributed by atoms with E-state index >= 15 is 0 Å². The number of carbonyl (C=O) groups excluding carboxylic acids is 3. The minimum atomic E-state index is -0.643. The van der Waals surface area contributed by atoms with Crippen LogP contribution in [0.3, 0.4) is 0 Å². The molecule has 6 nitrogen and oxygen atoms in total. The number of imide groups is 1. The first kappa shape index (κ1) is 13.7. The minimum absolute atomic E-state index is 0.224. The summed E-state index contributed by atoms with van der Waals surface area (Å²) in [5.74, 6) is -1.08. The average molecular weight is 271 g/mol. The molecule has 1 aliphatic rings. The first-order valence-electron chi connectivity index (χ1n) is 6.14. The first-order chi connectivity index (χ1) is 9.52. The van der Waals surface area contributed by atoms with E-state index in [2.05, 4.69) is 5.32 Å². The van der Waals surface area contributed by atoms with Crippen molar-refractivity contribution in [2.45, 2.75) is 18.9 Å². The van der Waals surface area contributed by atoms with Crippen molar-refractivity contribution in [1.29, 1.82) is 5.26 Å². The van der Waals surface area contributed by atoms with Crippen molar-refractivity contribution in [3.8, 4) is 6.07 Å². The Morgan fingerprint density at radius 1 is 1.35 bits per heavy atom. The summed E-state index contributed by atoms with van der Waals surface area (Å²) in [5, 5.41) is 10.9. The van der Waals surface area contributed by atoms with Crippen LogP contribution in [0.5, 0.6) is 0 Å². The fourth-order valence-corrected chi connectivity index (χ4v) is 2.08. The number of hydrogen-bond acceptors (Lipinski definition) is 4. The summed E-state index contributed by atoms with van der Waals surface area (Å²) in [5.41, 5.74) is 0.862. The molecule has 102 valence electrons. The standard InChI is InChI=1S/C14H13N3O3/c1-17(11-6-7-12(18)16-13(11)19)14(20)10-4-2-9(8-15)3-5-10/h2-5,11H,6-7H2,1H3,(H,16,18,19). The zero-order valence-corrected chi connectivity index (χ0v) is 10.9. The Labute approximate surface area is 116 Å². The van der Waals surface area contributed by atoms with Gasteiger partial charge in [-0.05, 0) is 30.7 Å². The smallest absolute Gasteiger partial charge is 0.254 e. The summed E-state index contributed by atoms with van der Waals surface area (Å²) in [6.07, 6.45) is 0.546. The van der Waals surface area contributed by atoms with Crippen LogP contribution in [0.25, 0.3) is 0 Å². The molecule has 0 bridgehead atoms. The number of piperidine rings is 1. The number of benzene rings is 1. The van der Waals surface area contributed by atoms with Gasteiger partial charge in [0.2, 0.25) is 11.8 Å². The monoisotopic (exact) mass is 271 g/mol. The predicted octanol–water partition coefficient (Wildman–Crippen LogP) is 0.435. The molecule has 1 aromatic carbocycles. The number of amides is 3. The van der Waals surface area contributed by atoms with E-state index in [-0.39, 0.29) is 18.2 Å². The van der Waals surface area contributed by atoms with Crippen LogP contribution in [0.4, 0.5) is 0 Å². The fraction of sp³-hybridized carbons (Fsp3) is 0.286. The van der Waals surface area contributed by atoms with Gasteiger partial charge in [0.25, 0.3) is 5.91 Å². The molecule has 1 heterocycles. The van der Waals surface area contributed by atoms with E-state index in [0.29, 0.717) is 17.5 Å². The number of rotatable bonds is 2. The van der Waals surface area contributed by atoms with Gasteiger partial charge in [0, 0.05) is 19.0 Å². The highest BCUT2D eigenvalue weighted by molar-refractivity contribution is 6.03. The van der Waals surface area contributed by atoms with Crippen molar-refractivity contribution in [2.75, 3.05) is 7.05 Å². The lowest BCUT2D eigenvalue weighted by Crippen LogP contribution is -2.52. The highest BCUT2D eigenvalue weighted by atomic mass is 16.2. The van der Waals surface area contributed by atoms with E-state index in [0.717, 1.165) is 0 Å². The molecule has 1 aliphatic heterocycles. The Morgan fingerprint density at radius 3 is 2.55 bits per heavy atom. The number of nitriles is 1. The molecule has 1 atom stereocenters. The van der Waals surface area contributed by atoms with Crippen LogP contribution in [0.2, 0.25) is 0 Å². The number of nitrogens with one attached hydrogen (secondary N) is 1. The number of likely N-dealkylation sites (N-methyl/N-ethyl adjacent to an activating group) is 1. The van der Waals surface area contributed by atoms with Gasteiger partial charge in [-0.25, -0.2) is 0 Å². The maximum atomic E-state index is 12.2. The van der Waals surface area contributed by atoms with Crippen LogP contribution in [-0.2, 0) is 9.59 Å². The van der Waals surface area contributed by atoms with Crippen LogP contribution < -0.4 is 5.32 Å². The van der Waals surface area contributed by atoms with Gasteiger partial charge in [0.15, 0.2) is 0 Å². The number of carbonyl (C=O) groups is 3. The summed E-state index contributed by atoms with van der Waals surface area (Å²) in [6, 6.07) is 7.51. The second-order valence-corrected chi connectivity index (χ2v) is 4.57. The SMILES string of the molecule is CN(C(=O)c1ccc(C#N)cc1)C1CCC(=O)NC1=O. The lowest BCUT2D eigenvalue weighted by Gasteiger charge is -2.29. The Hall–Kier alpha value is -2.68. The molecule has 1 N–H and O–H groups in total. The van der Waals surface area contributed by atoms with E-state index in [1.807, 2.05) is 6.07 Å². The normalized spacial score (nSPS) is 18.1. The van der Waals surface area contributed by atoms with Gasteiger partial charge in [-0.2, -0.15) is 5.26 Å². The molecule has 0 aromatic heterocycles. The van der Waals surface area contributed by atoms with E-state index in [1.165, 1.54) is 11.9 Å². The van der Waals surface area contributed by atoms with Crippen molar-refractivity contribution < 1.29 is 14.4 Å². The van der Waals surface area contributed by atoms with Crippen LogP contribution in [0, 0.1) is 11.3 Å². The molecular formula is C14H13N3O3. The van der Waals surface area contributed by atoms with Gasteiger partial charge in [-0.15, -0.1) is 0 Å². The zero-order chi connectivity index (χ0) is 14.7. The Morgan fingerprint density at radius 2 is 2.00 bits per heavy atom. The van der Waals surface area contributed by atoms with Gasteiger partial charge >= 0.3 is 0 Å². The second kappa shape index (κ2) is 5.53. The van der Waals surface area contributed by atoms with Crippen molar-refractivity contribution in [1.82, 2.24) is 10.2 Å². The van der Waals surface area contributed by atoms with E-state index in [9.17, 15) is 14.4 Å². The molecule has 0 radical (unpaired) electrons. The van der Waals surface area contributed by atoms with Gasteiger partial charge in [-0.1, -0.05) is 0 Å². The van der Waals surface area contributed by atoms with Gasteiger partial charge in [0.05, 0.1) is 11.6 Å². The van der Waals surface area contributed by atoms with Crippen LogP contribution >= 0.6 is 0 Å². The summed E-state index contributed by atoms with van der Waals surface area (Å²) in [4.78, 5) is 36.4. The van der Waals surface area contributed by atoms with Gasteiger partial charge in [0.1, 0.15) is 6.04 Å². The third-order valence-corrected chi connectivity index (χ3v) is 3.26. The van der Waals surface area contributed by atoms with E-state index < -0.39 is 11.9 Å². The summed E-state index contributed by atoms with van der Waals surface area (Å²) < 4.78 is 0. The second-order valence-electron chi connectivity index (χ2n) is 4.57. The third-order valence-electron chi connectivity index (χ3n) is 3.26. The van der Waals surface area contributed by atoms with Crippen LogP contribution in [0.1, 0.15) is 28.8 Å². The zero-order valence-electron chi connectivity index (χ0n) is 10.9. The molecule has 0 spiro atoms. The lowest BCUT2D eigenvalue weighted by atomic mass is 10.0. The Bertz CT molecular complexity index is 601. The number of hydrogen-bond donors (Lipinski definition) is 1. The molecule has 0 saturated carbocycles. The molecule has 1 saturated heterocycles. The lowest BCUT2D eigenvalue weighted by molar-refractivity contribution is -0.136. The molecular weight excluding hydrogens is 258 g/mol. The molecule has 2 rings (SSSR count). The Kier molecular flexibility index (Phi) is 3.80. The molecule has 0 aliphatic carbocycles. The predicted molar refractivity (Wildman–Crippen MR) is 69.4 cm³/mol. The quantitative estimate of drug-likeness (QED) is 0.790. The average Bonchev–Trinajstić information content (AvgIpc) is 2.46. The van der Waals surface area contributed by atoms with E-state index in [4.69, 9.17) is 5.26 Å².